The van der Waals surface area contributed by atoms with Gasteiger partial charge in [-0.05, 0) is 58.5 Å². The van der Waals surface area contributed by atoms with Crippen LogP contribution < -0.4 is 10.2 Å². The normalized spacial score (nSPS) is 15.8. The van der Waals surface area contributed by atoms with E-state index in [1.54, 1.807) is 6.20 Å². The van der Waals surface area contributed by atoms with Gasteiger partial charge in [0.05, 0.1) is 17.6 Å². The molecule has 10 heteroatoms. The average Bonchev–Trinajstić information content (AvgIpc) is 3.53. The van der Waals surface area contributed by atoms with Crippen LogP contribution in [0, 0.1) is 0 Å². The molecule has 0 aliphatic carbocycles. The zero-order chi connectivity index (χ0) is 25.3. The molecule has 1 aromatic carbocycles. The predicted molar refractivity (Wildman–Crippen MR) is 142 cm³/mol. The minimum Gasteiger partial charge on any atom is -0.388 e. The van der Waals surface area contributed by atoms with Gasteiger partial charge in [-0.3, -0.25) is 0 Å². The molecule has 0 radical (unpaired) electrons. The molecule has 0 saturated carbocycles. The standard InChI is InChI=1S/C26H35N9O/c1-19(2)34-18-28-22-23(27-16-20-8-5-6-9-21(20)35-13-7-12-29-35)30-25(31-24(22)34)33-14-10-26(36,11-15-33)17-32(3)4/h5-9,12-13,18-19,36H,10-11,14-17H2,1-4H3,(H,27,30,31). The van der Waals surface area contributed by atoms with Crippen LogP contribution in [0.4, 0.5) is 11.8 Å². The third-order valence-corrected chi connectivity index (χ3v) is 6.74. The van der Waals surface area contributed by atoms with E-state index in [4.69, 9.17) is 9.97 Å². The molecule has 190 valence electrons. The summed E-state index contributed by atoms with van der Waals surface area (Å²) in [6.45, 7) is 6.87. The summed E-state index contributed by atoms with van der Waals surface area (Å²) in [5.41, 5.74) is 3.01. The molecule has 1 fully saturated rings. The molecule has 1 aliphatic rings. The fourth-order valence-corrected chi connectivity index (χ4v) is 4.89. The van der Waals surface area contributed by atoms with Crippen molar-refractivity contribution in [2.24, 2.45) is 0 Å². The number of piperidine rings is 1. The number of para-hydroxylation sites is 1. The lowest BCUT2D eigenvalue weighted by Crippen LogP contribution is -2.50. The highest BCUT2D eigenvalue weighted by Gasteiger charge is 2.34. The Morgan fingerprint density at radius 2 is 1.89 bits per heavy atom. The van der Waals surface area contributed by atoms with Gasteiger partial charge in [0.1, 0.15) is 0 Å². The minimum absolute atomic E-state index is 0.220. The van der Waals surface area contributed by atoms with Crippen molar-refractivity contribution in [3.05, 3.63) is 54.6 Å². The summed E-state index contributed by atoms with van der Waals surface area (Å²) < 4.78 is 3.95. The van der Waals surface area contributed by atoms with Crippen molar-refractivity contribution >= 4 is 22.9 Å². The Balaban J connectivity index is 1.44. The van der Waals surface area contributed by atoms with Crippen molar-refractivity contribution in [1.82, 2.24) is 34.2 Å². The molecule has 2 N–H and O–H groups in total. The van der Waals surface area contributed by atoms with Crippen LogP contribution in [0.3, 0.4) is 0 Å². The van der Waals surface area contributed by atoms with Gasteiger partial charge in [-0.2, -0.15) is 15.1 Å². The topological polar surface area (TPSA) is 100 Å². The van der Waals surface area contributed by atoms with E-state index in [9.17, 15) is 5.11 Å². The molecule has 0 spiro atoms. The first kappa shape index (κ1) is 24.2. The summed E-state index contributed by atoms with van der Waals surface area (Å²) in [6.07, 6.45) is 6.91. The second kappa shape index (κ2) is 9.87. The summed E-state index contributed by atoms with van der Waals surface area (Å²) in [6, 6.07) is 10.3. The van der Waals surface area contributed by atoms with Crippen molar-refractivity contribution in [1.29, 1.82) is 0 Å². The lowest BCUT2D eigenvalue weighted by molar-refractivity contribution is -0.00556. The molecule has 0 amide bonds. The van der Waals surface area contributed by atoms with Crippen LogP contribution in [0.15, 0.2) is 49.1 Å². The third kappa shape index (κ3) is 4.91. The van der Waals surface area contributed by atoms with Gasteiger partial charge in [-0.25, -0.2) is 9.67 Å². The Morgan fingerprint density at radius 1 is 1.11 bits per heavy atom. The number of imidazole rings is 1. The predicted octanol–water partition coefficient (Wildman–Crippen LogP) is 3.10. The van der Waals surface area contributed by atoms with Crippen LogP contribution >= 0.6 is 0 Å². The van der Waals surface area contributed by atoms with Gasteiger partial charge in [0, 0.05) is 44.6 Å². The number of benzene rings is 1. The van der Waals surface area contributed by atoms with Crippen LogP contribution in [0.2, 0.25) is 0 Å². The molecule has 0 atom stereocenters. The number of aromatic nitrogens is 6. The first-order valence-electron chi connectivity index (χ1n) is 12.5. The van der Waals surface area contributed by atoms with Gasteiger partial charge in [-0.1, -0.05) is 18.2 Å². The zero-order valence-corrected chi connectivity index (χ0v) is 21.5. The van der Waals surface area contributed by atoms with E-state index in [1.807, 2.05) is 54.4 Å². The maximum absolute atomic E-state index is 11.0. The Bertz CT molecular complexity index is 1300. The molecule has 5 rings (SSSR count). The molecule has 4 heterocycles. The van der Waals surface area contributed by atoms with Gasteiger partial charge >= 0.3 is 0 Å². The van der Waals surface area contributed by atoms with E-state index >= 15 is 0 Å². The second-order valence-electron chi connectivity index (χ2n) is 10.2. The zero-order valence-electron chi connectivity index (χ0n) is 21.5. The lowest BCUT2D eigenvalue weighted by Gasteiger charge is -2.39. The number of hydrogen-bond acceptors (Lipinski definition) is 8. The molecule has 1 aliphatic heterocycles. The Morgan fingerprint density at radius 3 is 2.58 bits per heavy atom. The van der Waals surface area contributed by atoms with Crippen LogP contribution in [-0.4, -0.2) is 78.6 Å². The lowest BCUT2D eigenvalue weighted by atomic mass is 9.91. The molecule has 36 heavy (non-hydrogen) atoms. The van der Waals surface area contributed by atoms with Gasteiger partial charge in [0.25, 0.3) is 0 Å². The molecular formula is C26H35N9O. The van der Waals surface area contributed by atoms with Crippen LogP contribution in [0.5, 0.6) is 0 Å². The highest BCUT2D eigenvalue weighted by atomic mass is 16.3. The summed E-state index contributed by atoms with van der Waals surface area (Å²) in [7, 11) is 3.99. The number of anilines is 2. The van der Waals surface area contributed by atoms with Crippen molar-refractivity contribution in [3.63, 3.8) is 0 Å². The van der Waals surface area contributed by atoms with Crippen LogP contribution in [0.1, 0.15) is 38.3 Å². The number of rotatable bonds is 8. The maximum Gasteiger partial charge on any atom is 0.229 e. The van der Waals surface area contributed by atoms with Crippen LogP contribution in [-0.2, 0) is 6.54 Å². The van der Waals surface area contributed by atoms with Crippen molar-refractivity contribution < 1.29 is 5.11 Å². The van der Waals surface area contributed by atoms with E-state index in [1.165, 1.54) is 0 Å². The van der Waals surface area contributed by atoms with Gasteiger partial charge < -0.3 is 24.8 Å². The van der Waals surface area contributed by atoms with E-state index in [-0.39, 0.29) is 6.04 Å². The Labute approximate surface area is 211 Å². The molecule has 0 unspecified atom stereocenters. The van der Waals surface area contributed by atoms with Crippen molar-refractivity contribution in [2.45, 2.75) is 44.9 Å². The SMILES string of the molecule is CC(C)n1cnc2c(NCc3ccccc3-n3cccn3)nc(N3CCC(O)(CN(C)C)CC3)nc21. The van der Waals surface area contributed by atoms with E-state index < -0.39 is 5.60 Å². The van der Waals surface area contributed by atoms with Gasteiger partial charge in [-0.15, -0.1) is 0 Å². The first-order chi connectivity index (χ1) is 17.3. The molecular weight excluding hydrogens is 454 g/mol. The summed E-state index contributed by atoms with van der Waals surface area (Å²) in [5, 5.41) is 18.9. The smallest absolute Gasteiger partial charge is 0.229 e. The van der Waals surface area contributed by atoms with E-state index in [0.29, 0.717) is 50.8 Å². The fourth-order valence-electron chi connectivity index (χ4n) is 4.89. The second-order valence-corrected chi connectivity index (χ2v) is 10.2. The highest BCUT2D eigenvalue weighted by molar-refractivity contribution is 5.84. The molecule has 4 aromatic rings. The molecule has 3 aromatic heterocycles. The quantitative estimate of drug-likeness (QED) is 0.390. The van der Waals surface area contributed by atoms with Crippen molar-refractivity contribution in [3.8, 4) is 5.69 Å². The molecule has 0 bridgehead atoms. The van der Waals surface area contributed by atoms with E-state index in [0.717, 1.165) is 22.4 Å². The number of hydrogen-bond donors (Lipinski definition) is 2. The monoisotopic (exact) mass is 489 g/mol. The maximum atomic E-state index is 11.0. The number of nitrogens with zero attached hydrogens (tertiary/aromatic N) is 8. The number of aliphatic hydroxyl groups is 1. The Kier molecular flexibility index (Phi) is 6.63. The first-order valence-corrected chi connectivity index (χ1v) is 12.5. The van der Waals surface area contributed by atoms with Gasteiger partial charge in [0.2, 0.25) is 5.95 Å². The fraction of sp³-hybridized carbons (Fsp3) is 0.462. The summed E-state index contributed by atoms with van der Waals surface area (Å²) in [5.74, 6) is 1.37. The highest BCUT2D eigenvalue weighted by Crippen LogP contribution is 2.29. The van der Waals surface area contributed by atoms with Crippen molar-refractivity contribution in [2.75, 3.05) is 43.9 Å². The minimum atomic E-state index is -0.679. The molecule has 1 saturated heterocycles. The summed E-state index contributed by atoms with van der Waals surface area (Å²) >= 11 is 0. The average molecular weight is 490 g/mol. The number of likely N-dealkylation sites (N-methyl/N-ethyl adjacent to an activating group) is 1. The molecule has 10 nitrogen and oxygen atoms in total. The van der Waals surface area contributed by atoms with Gasteiger partial charge in [0.15, 0.2) is 17.0 Å². The largest absolute Gasteiger partial charge is 0.388 e. The van der Waals surface area contributed by atoms with E-state index in [2.05, 4.69) is 50.8 Å². The Hall–Kier alpha value is -3.50. The number of nitrogens with one attached hydrogen (secondary N) is 1. The van der Waals surface area contributed by atoms with Crippen LogP contribution in [0.25, 0.3) is 16.9 Å². The number of fused-ring (bicyclic) bond motifs is 1. The summed E-state index contributed by atoms with van der Waals surface area (Å²) in [4.78, 5) is 18.7. The third-order valence-electron chi connectivity index (χ3n) is 6.74.